The maximum Gasteiger partial charge on any atom is 0.405 e. The number of nitrogens with one attached hydrogen (secondary N) is 1. The number of hydrogen-bond donors (Lipinski definition) is 2. The second-order valence-electron chi connectivity index (χ2n) is 5.88. The summed E-state index contributed by atoms with van der Waals surface area (Å²) < 4.78 is 38.9. The molecule has 2 N–H and O–H groups in total. The first-order chi connectivity index (χ1) is 12.2. The number of amides is 1. The lowest BCUT2D eigenvalue weighted by Crippen LogP contribution is -2.26. The van der Waals surface area contributed by atoms with Crippen molar-refractivity contribution in [2.24, 2.45) is 0 Å². The largest absolute Gasteiger partial charge is 0.465 e. The van der Waals surface area contributed by atoms with Gasteiger partial charge in [0.15, 0.2) is 9.84 Å². The molecule has 1 aromatic heterocycles. The summed E-state index contributed by atoms with van der Waals surface area (Å²) in [5.74, 6) is -0.156. The first-order valence-corrected chi connectivity index (χ1v) is 9.54. The van der Waals surface area contributed by atoms with Crippen LogP contribution in [0.4, 0.5) is 9.18 Å². The second kappa shape index (κ2) is 6.41. The third-order valence-corrected chi connectivity index (χ3v) is 4.98. The smallest absolute Gasteiger partial charge is 0.405 e. The number of hydrogen-bond acceptors (Lipinski definition) is 4. The minimum absolute atomic E-state index is 0.115. The van der Waals surface area contributed by atoms with Crippen molar-refractivity contribution in [2.75, 3.05) is 6.26 Å². The fourth-order valence-electron chi connectivity index (χ4n) is 2.74. The Kier molecular flexibility index (Phi) is 4.41. The van der Waals surface area contributed by atoms with Crippen LogP contribution in [0.25, 0.3) is 16.7 Å². The highest BCUT2D eigenvalue weighted by Gasteiger charge is 2.20. The van der Waals surface area contributed by atoms with Gasteiger partial charge in [-0.2, -0.15) is 0 Å². The molecule has 0 spiro atoms. The molecule has 0 bridgehead atoms. The van der Waals surface area contributed by atoms with E-state index < -0.39 is 27.8 Å². The van der Waals surface area contributed by atoms with Crippen molar-refractivity contribution in [1.82, 2.24) is 14.9 Å². The fraction of sp³-hybridized carbons (Fsp3) is 0.176. The molecule has 2 aromatic carbocycles. The quantitative estimate of drug-likeness (QED) is 0.728. The van der Waals surface area contributed by atoms with Gasteiger partial charge in [0.1, 0.15) is 11.6 Å². The monoisotopic (exact) mass is 377 g/mol. The molecule has 136 valence electrons. The fourth-order valence-corrected chi connectivity index (χ4v) is 3.40. The van der Waals surface area contributed by atoms with Gasteiger partial charge in [0.05, 0.1) is 22.0 Å². The third kappa shape index (κ3) is 3.38. The molecule has 0 saturated carbocycles. The molecular formula is C17H16FN3O4S. The van der Waals surface area contributed by atoms with E-state index in [1.165, 1.54) is 30.3 Å². The molecule has 0 aliphatic carbocycles. The zero-order valence-electron chi connectivity index (χ0n) is 14.0. The lowest BCUT2D eigenvalue weighted by molar-refractivity contribution is 0.190. The number of imidazole rings is 1. The molecule has 26 heavy (non-hydrogen) atoms. The maximum atomic E-state index is 13.6. The molecule has 9 heteroatoms. The molecule has 0 saturated heterocycles. The predicted octanol–water partition coefficient (Wildman–Crippen LogP) is 2.90. The molecule has 1 heterocycles. The summed E-state index contributed by atoms with van der Waals surface area (Å²) in [6.45, 7) is 1.60. The van der Waals surface area contributed by atoms with E-state index in [0.29, 0.717) is 22.5 Å². The standard InChI is InChI=1S/C17H16FN3O4S/c1-10(19-17(22)23)16-20-14-8-11(18)6-7-15(14)21(16)12-4-3-5-13(9-12)26(2,24)25/h3-10,19H,1-2H3,(H,22,23). The van der Waals surface area contributed by atoms with E-state index in [0.717, 1.165) is 6.26 Å². The first-order valence-electron chi connectivity index (χ1n) is 7.64. The van der Waals surface area contributed by atoms with Crippen LogP contribution >= 0.6 is 0 Å². The second-order valence-corrected chi connectivity index (χ2v) is 7.89. The zero-order valence-corrected chi connectivity index (χ0v) is 14.8. The molecule has 0 radical (unpaired) electrons. The molecule has 0 aliphatic heterocycles. The highest BCUT2D eigenvalue weighted by atomic mass is 32.2. The van der Waals surface area contributed by atoms with E-state index in [4.69, 9.17) is 5.11 Å². The molecule has 1 amide bonds. The number of nitrogens with zero attached hydrogens (tertiary/aromatic N) is 2. The Balaban J connectivity index is 2.28. The lowest BCUT2D eigenvalue weighted by atomic mass is 10.2. The van der Waals surface area contributed by atoms with Gasteiger partial charge in [-0.15, -0.1) is 0 Å². The first kappa shape index (κ1) is 17.9. The van der Waals surface area contributed by atoms with Gasteiger partial charge in [-0.25, -0.2) is 22.6 Å². The normalized spacial score (nSPS) is 12.9. The van der Waals surface area contributed by atoms with Crippen LogP contribution in [0, 0.1) is 5.82 Å². The van der Waals surface area contributed by atoms with Gasteiger partial charge >= 0.3 is 6.09 Å². The van der Waals surface area contributed by atoms with Gasteiger partial charge in [-0.3, -0.25) is 4.57 Å². The van der Waals surface area contributed by atoms with Crippen LogP contribution in [0.15, 0.2) is 47.4 Å². The molecule has 1 unspecified atom stereocenters. The van der Waals surface area contributed by atoms with Gasteiger partial charge in [0.2, 0.25) is 0 Å². The van der Waals surface area contributed by atoms with Crippen LogP contribution in [0.1, 0.15) is 18.8 Å². The van der Waals surface area contributed by atoms with Crippen molar-refractivity contribution in [3.05, 3.63) is 54.1 Å². The maximum absolute atomic E-state index is 13.6. The van der Waals surface area contributed by atoms with Gasteiger partial charge < -0.3 is 10.4 Å². The van der Waals surface area contributed by atoms with Crippen LogP contribution in [0.2, 0.25) is 0 Å². The van der Waals surface area contributed by atoms with Gasteiger partial charge in [-0.05, 0) is 37.3 Å². The van der Waals surface area contributed by atoms with Crippen molar-refractivity contribution >= 4 is 27.0 Å². The Bertz CT molecular complexity index is 1110. The number of carbonyl (C=O) groups is 1. The lowest BCUT2D eigenvalue weighted by Gasteiger charge is -2.15. The minimum atomic E-state index is -3.43. The summed E-state index contributed by atoms with van der Waals surface area (Å²) in [7, 11) is -3.43. The SMILES string of the molecule is CC(NC(=O)O)c1nc2cc(F)ccc2n1-c1cccc(S(C)(=O)=O)c1. The third-order valence-electron chi connectivity index (χ3n) is 3.87. The minimum Gasteiger partial charge on any atom is -0.465 e. The van der Waals surface area contributed by atoms with Gasteiger partial charge in [-0.1, -0.05) is 6.07 Å². The Morgan fingerprint density at radius 1 is 1.27 bits per heavy atom. The van der Waals surface area contributed by atoms with Gasteiger partial charge in [0, 0.05) is 18.0 Å². The molecule has 1 atom stereocenters. The van der Waals surface area contributed by atoms with Crippen LogP contribution in [0.5, 0.6) is 0 Å². The number of halogens is 1. The number of sulfone groups is 1. The summed E-state index contributed by atoms with van der Waals surface area (Å²) in [6.07, 6.45) is -0.129. The van der Waals surface area contributed by atoms with E-state index in [9.17, 15) is 17.6 Å². The van der Waals surface area contributed by atoms with E-state index in [1.54, 1.807) is 23.6 Å². The van der Waals surface area contributed by atoms with Crippen molar-refractivity contribution in [1.29, 1.82) is 0 Å². The number of carboxylic acid groups (broad SMARTS) is 1. The van der Waals surface area contributed by atoms with Crippen molar-refractivity contribution in [3.8, 4) is 5.69 Å². The number of benzene rings is 2. The number of rotatable bonds is 4. The van der Waals surface area contributed by atoms with Crippen LogP contribution in [-0.4, -0.2) is 35.4 Å². The van der Waals surface area contributed by atoms with Crippen molar-refractivity contribution in [3.63, 3.8) is 0 Å². The molecular weight excluding hydrogens is 361 g/mol. The Hall–Kier alpha value is -2.94. The van der Waals surface area contributed by atoms with Crippen LogP contribution in [-0.2, 0) is 9.84 Å². The number of fused-ring (bicyclic) bond motifs is 1. The predicted molar refractivity (Wildman–Crippen MR) is 93.7 cm³/mol. The molecule has 7 nitrogen and oxygen atoms in total. The van der Waals surface area contributed by atoms with Crippen molar-refractivity contribution in [2.45, 2.75) is 17.9 Å². The molecule has 0 aliphatic rings. The van der Waals surface area contributed by atoms with E-state index in [-0.39, 0.29) is 4.90 Å². The average Bonchev–Trinajstić information content (AvgIpc) is 2.92. The van der Waals surface area contributed by atoms with Crippen LogP contribution < -0.4 is 5.32 Å². The summed E-state index contributed by atoms with van der Waals surface area (Å²) >= 11 is 0. The highest BCUT2D eigenvalue weighted by molar-refractivity contribution is 7.90. The summed E-state index contributed by atoms with van der Waals surface area (Å²) in [5.41, 5.74) is 1.35. The molecule has 3 rings (SSSR count). The molecule has 3 aromatic rings. The average molecular weight is 377 g/mol. The summed E-state index contributed by atoms with van der Waals surface area (Å²) in [5, 5.41) is 11.3. The summed E-state index contributed by atoms with van der Waals surface area (Å²) in [6, 6.07) is 9.51. The highest BCUT2D eigenvalue weighted by Crippen LogP contribution is 2.27. The Morgan fingerprint density at radius 3 is 2.65 bits per heavy atom. The number of aromatic nitrogens is 2. The van der Waals surface area contributed by atoms with Crippen molar-refractivity contribution < 1.29 is 22.7 Å². The Labute approximate surface area is 149 Å². The molecule has 0 fully saturated rings. The summed E-state index contributed by atoms with van der Waals surface area (Å²) in [4.78, 5) is 15.5. The van der Waals surface area contributed by atoms with Gasteiger partial charge in [0.25, 0.3) is 0 Å². The van der Waals surface area contributed by atoms with Crippen LogP contribution in [0.3, 0.4) is 0 Å². The zero-order chi connectivity index (χ0) is 19.1. The van der Waals surface area contributed by atoms with E-state index in [1.807, 2.05) is 0 Å². The topological polar surface area (TPSA) is 101 Å². The van der Waals surface area contributed by atoms with E-state index in [2.05, 4.69) is 10.3 Å². The van der Waals surface area contributed by atoms with E-state index >= 15 is 0 Å². The Morgan fingerprint density at radius 2 is 2.00 bits per heavy atom.